The van der Waals surface area contributed by atoms with Crippen LogP contribution in [0.1, 0.15) is 24.4 Å². The summed E-state index contributed by atoms with van der Waals surface area (Å²) in [5, 5.41) is 3.29. The van der Waals surface area contributed by atoms with Gasteiger partial charge in [0, 0.05) is 38.3 Å². The summed E-state index contributed by atoms with van der Waals surface area (Å²) in [6, 6.07) is 3.87. The van der Waals surface area contributed by atoms with Crippen molar-refractivity contribution in [2.75, 3.05) is 26.2 Å². The molecule has 1 aromatic rings. The van der Waals surface area contributed by atoms with Crippen molar-refractivity contribution in [2.45, 2.75) is 18.9 Å². The molecule has 0 bridgehead atoms. The van der Waals surface area contributed by atoms with Gasteiger partial charge in [-0.1, -0.05) is 6.08 Å². The van der Waals surface area contributed by atoms with Crippen molar-refractivity contribution in [3.8, 4) is 0 Å². The molecule has 2 rings (SSSR count). The Morgan fingerprint density at radius 3 is 2.24 bits per heavy atom. The number of hydrogen-bond acceptors (Lipinski definition) is 2. The molecule has 1 N–H and O–H groups in total. The van der Waals surface area contributed by atoms with E-state index in [1.54, 1.807) is 0 Å². The van der Waals surface area contributed by atoms with E-state index in [4.69, 9.17) is 0 Å². The maximum Gasteiger partial charge on any atom is 0.126 e. The van der Waals surface area contributed by atoms with Crippen molar-refractivity contribution in [1.29, 1.82) is 0 Å². The second-order valence-electron chi connectivity index (χ2n) is 4.87. The van der Waals surface area contributed by atoms with Crippen LogP contribution in [0.15, 0.2) is 30.9 Å². The molecule has 0 unspecified atom stereocenters. The average Bonchev–Trinajstić information content (AvgIpc) is 2.39. The lowest BCUT2D eigenvalue weighted by Crippen LogP contribution is -2.45. The van der Waals surface area contributed by atoms with Crippen LogP contribution in [-0.4, -0.2) is 31.1 Å². The van der Waals surface area contributed by atoms with Crippen LogP contribution in [0, 0.1) is 11.6 Å². The van der Waals surface area contributed by atoms with Gasteiger partial charge in [0.2, 0.25) is 0 Å². The first kappa shape index (κ1) is 20.3. The van der Waals surface area contributed by atoms with Gasteiger partial charge in [0.05, 0.1) is 0 Å². The van der Waals surface area contributed by atoms with Gasteiger partial charge in [-0.25, -0.2) is 8.78 Å². The van der Waals surface area contributed by atoms with Gasteiger partial charge < -0.3 is 5.32 Å². The summed E-state index contributed by atoms with van der Waals surface area (Å²) in [6.45, 7) is 7.37. The number of halogens is 4. The lowest BCUT2D eigenvalue weighted by Gasteiger charge is -2.35. The molecule has 1 atom stereocenters. The number of benzene rings is 1. The molecule has 120 valence electrons. The summed E-state index contributed by atoms with van der Waals surface area (Å²) < 4.78 is 26.8. The normalized spacial score (nSPS) is 16.5. The molecule has 1 aliphatic heterocycles. The van der Waals surface area contributed by atoms with Crippen LogP contribution < -0.4 is 5.32 Å². The Kier molecular flexibility index (Phi) is 9.79. The maximum absolute atomic E-state index is 13.4. The van der Waals surface area contributed by atoms with Crippen LogP contribution in [0.4, 0.5) is 8.78 Å². The average molecular weight is 339 g/mol. The Balaban J connectivity index is 0.00000200. The van der Waals surface area contributed by atoms with Crippen LogP contribution in [0.5, 0.6) is 0 Å². The van der Waals surface area contributed by atoms with Crippen molar-refractivity contribution in [1.82, 2.24) is 10.2 Å². The topological polar surface area (TPSA) is 15.3 Å². The van der Waals surface area contributed by atoms with Gasteiger partial charge in [0.15, 0.2) is 0 Å². The largest absolute Gasteiger partial charge is 0.314 e. The number of nitrogens with one attached hydrogen (secondary N) is 1. The number of hydrogen-bond donors (Lipinski definition) is 1. The molecule has 0 aliphatic carbocycles. The summed E-state index contributed by atoms with van der Waals surface area (Å²) >= 11 is 0. The zero-order valence-electron chi connectivity index (χ0n) is 11.9. The number of piperazine rings is 1. The summed E-state index contributed by atoms with van der Waals surface area (Å²) in [6.07, 6.45) is 3.53. The van der Waals surface area contributed by atoms with E-state index in [-0.39, 0.29) is 30.9 Å². The van der Waals surface area contributed by atoms with Crippen LogP contribution >= 0.6 is 24.8 Å². The van der Waals surface area contributed by atoms with Crippen molar-refractivity contribution < 1.29 is 8.78 Å². The lowest BCUT2D eigenvalue weighted by molar-refractivity contribution is 0.165. The molecule has 21 heavy (non-hydrogen) atoms. The van der Waals surface area contributed by atoms with Gasteiger partial charge in [0.1, 0.15) is 11.6 Å². The van der Waals surface area contributed by atoms with E-state index in [2.05, 4.69) is 16.8 Å². The Morgan fingerprint density at radius 2 is 1.71 bits per heavy atom. The fourth-order valence-corrected chi connectivity index (χ4v) is 2.60. The summed E-state index contributed by atoms with van der Waals surface area (Å²) in [5.41, 5.74) is 0.723. The van der Waals surface area contributed by atoms with Crippen molar-refractivity contribution in [3.05, 3.63) is 48.1 Å². The van der Waals surface area contributed by atoms with E-state index >= 15 is 0 Å². The van der Waals surface area contributed by atoms with Crippen molar-refractivity contribution >= 4 is 24.8 Å². The van der Waals surface area contributed by atoms with E-state index < -0.39 is 11.6 Å². The predicted octanol–water partition coefficient (Wildman–Crippen LogP) is 3.72. The Labute approximate surface area is 137 Å². The zero-order valence-corrected chi connectivity index (χ0v) is 13.5. The molecule has 0 spiro atoms. The van der Waals surface area contributed by atoms with Gasteiger partial charge >= 0.3 is 0 Å². The Hall–Kier alpha value is -0.680. The molecule has 0 radical (unpaired) electrons. The van der Waals surface area contributed by atoms with Gasteiger partial charge in [-0.05, 0) is 30.5 Å². The second kappa shape index (κ2) is 10.1. The van der Waals surface area contributed by atoms with Crippen molar-refractivity contribution in [3.63, 3.8) is 0 Å². The molecule has 0 amide bonds. The molecule has 2 nitrogen and oxygen atoms in total. The van der Waals surface area contributed by atoms with Crippen LogP contribution in [-0.2, 0) is 0 Å². The van der Waals surface area contributed by atoms with Crippen LogP contribution in [0.2, 0.25) is 0 Å². The smallest absolute Gasteiger partial charge is 0.126 e. The highest BCUT2D eigenvalue weighted by Crippen LogP contribution is 2.27. The molecular formula is C15H22Cl2F2N2. The molecular weight excluding hydrogens is 317 g/mol. The fraction of sp³-hybridized carbons (Fsp3) is 0.467. The monoisotopic (exact) mass is 338 g/mol. The SMILES string of the molecule is C=CCC[C@@H](c1cc(F)cc(F)c1)N1CCNCC1.Cl.Cl. The highest BCUT2D eigenvalue weighted by Gasteiger charge is 2.22. The molecule has 1 heterocycles. The third-order valence-corrected chi connectivity index (χ3v) is 3.51. The molecule has 0 saturated carbocycles. The first-order valence-electron chi connectivity index (χ1n) is 6.72. The van der Waals surface area contributed by atoms with Gasteiger partial charge in [-0.3, -0.25) is 4.90 Å². The standard InChI is InChI=1S/C15H20F2N2.2ClH/c1-2-3-4-15(19-7-5-18-6-8-19)12-9-13(16)11-14(17)10-12;;/h2,9-11,15,18H,1,3-8H2;2*1H/t15-;;/m0../s1. The highest BCUT2D eigenvalue weighted by molar-refractivity contribution is 5.85. The van der Waals surface area contributed by atoms with Crippen molar-refractivity contribution in [2.24, 2.45) is 0 Å². The van der Waals surface area contributed by atoms with Gasteiger partial charge in [-0.15, -0.1) is 31.4 Å². The van der Waals surface area contributed by atoms with E-state index in [9.17, 15) is 8.78 Å². The molecule has 1 aromatic carbocycles. The summed E-state index contributed by atoms with van der Waals surface area (Å²) in [5.74, 6) is -1.01. The fourth-order valence-electron chi connectivity index (χ4n) is 2.60. The molecule has 6 heteroatoms. The van der Waals surface area contributed by atoms with E-state index in [1.165, 1.54) is 12.1 Å². The molecule has 1 aliphatic rings. The Bertz CT molecular complexity index is 417. The van der Waals surface area contributed by atoms with Crippen LogP contribution in [0.3, 0.4) is 0 Å². The number of allylic oxidation sites excluding steroid dienone is 1. The molecule has 0 aromatic heterocycles. The maximum atomic E-state index is 13.4. The Morgan fingerprint density at radius 1 is 1.14 bits per heavy atom. The second-order valence-corrected chi connectivity index (χ2v) is 4.87. The molecule has 1 fully saturated rings. The lowest BCUT2D eigenvalue weighted by atomic mass is 9.99. The summed E-state index contributed by atoms with van der Waals surface area (Å²) in [7, 11) is 0. The zero-order chi connectivity index (χ0) is 13.7. The van der Waals surface area contributed by atoms with Gasteiger partial charge in [0.25, 0.3) is 0 Å². The minimum atomic E-state index is -0.506. The summed E-state index contributed by atoms with van der Waals surface area (Å²) in [4.78, 5) is 2.29. The van der Waals surface area contributed by atoms with Gasteiger partial charge in [-0.2, -0.15) is 0 Å². The minimum Gasteiger partial charge on any atom is -0.314 e. The third kappa shape index (κ3) is 5.91. The highest BCUT2D eigenvalue weighted by atomic mass is 35.5. The van der Waals surface area contributed by atoms with E-state index in [0.29, 0.717) is 0 Å². The first-order chi connectivity index (χ1) is 9.20. The quantitative estimate of drug-likeness (QED) is 0.823. The predicted molar refractivity (Wildman–Crippen MR) is 87.5 cm³/mol. The van der Waals surface area contributed by atoms with E-state index in [1.807, 2.05) is 6.08 Å². The van der Waals surface area contributed by atoms with Crippen LogP contribution in [0.25, 0.3) is 0 Å². The number of rotatable bonds is 5. The molecule has 1 saturated heterocycles. The third-order valence-electron chi connectivity index (χ3n) is 3.51. The first-order valence-corrected chi connectivity index (χ1v) is 6.72. The minimum absolute atomic E-state index is 0. The van der Waals surface area contributed by atoms with E-state index in [0.717, 1.165) is 50.7 Å². The number of nitrogens with zero attached hydrogens (tertiary/aromatic N) is 1.